The molecule has 0 aliphatic carbocycles. The fraction of sp³-hybridized carbons (Fsp3) is 0.579. The van der Waals surface area contributed by atoms with Crippen LogP contribution in [0.5, 0.6) is 0 Å². The van der Waals surface area contributed by atoms with Crippen LogP contribution in [0.25, 0.3) is 0 Å². The van der Waals surface area contributed by atoms with Crippen molar-refractivity contribution in [3.8, 4) is 0 Å². The zero-order valence-electron chi connectivity index (χ0n) is 14.8. The average molecular weight is 319 g/mol. The molecule has 1 N–H and O–H groups in total. The van der Waals surface area contributed by atoms with Gasteiger partial charge in [-0.3, -0.25) is 9.59 Å². The molecule has 1 aromatic carbocycles. The Bertz CT molecular complexity index is 525. The zero-order chi connectivity index (χ0) is 17.2. The van der Waals surface area contributed by atoms with E-state index in [4.69, 9.17) is 4.74 Å². The number of carbonyl (C=O) groups excluding carboxylic acids is 2. The van der Waals surface area contributed by atoms with Crippen molar-refractivity contribution in [3.05, 3.63) is 34.9 Å². The maximum absolute atomic E-state index is 12.8. The van der Waals surface area contributed by atoms with Crippen LogP contribution in [0.2, 0.25) is 0 Å². The van der Waals surface area contributed by atoms with E-state index < -0.39 is 6.04 Å². The second-order valence-electron chi connectivity index (χ2n) is 5.91. The van der Waals surface area contributed by atoms with Gasteiger partial charge in [-0.25, -0.2) is 0 Å². The Hall–Kier alpha value is -1.68. The van der Waals surface area contributed by atoms with Crippen molar-refractivity contribution in [2.45, 2.75) is 59.4 Å². The molecule has 1 unspecified atom stereocenters. The van der Waals surface area contributed by atoms with Crippen LogP contribution in [-0.2, 0) is 9.53 Å². The Morgan fingerprint density at radius 2 is 1.91 bits per heavy atom. The van der Waals surface area contributed by atoms with Gasteiger partial charge in [-0.15, -0.1) is 0 Å². The molecule has 0 heterocycles. The monoisotopic (exact) mass is 319 g/mol. The van der Waals surface area contributed by atoms with Crippen molar-refractivity contribution in [2.75, 3.05) is 13.2 Å². The van der Waals surface area contributed by atoms with Crippen LogP contribution in [0.4, 0.5) is 0 Å². The van der Waals surface area contributed by atoms with Crippen molar-refractivity contribution in [1.29, 1.82) is 0 Å². The van der Waals surface area contributed by atoms with E-state index in [0.29, 0.717) is 12.2 Å². The Labute approximate surface area is 139 Å². The molecular formula is C19H29NO3. The quantitative estimate of drug-likeness (QED) is 0.407. The van der Waals surface area contributed by atoms with E-state index in [1.54, 1.807) is 6.92 Å². The molecule has 0 saturated heterocycles. The molecule has 1 rings (SSSR count). The molecule has 0 fully saturated rings. The Kier molecular flexibility index (Phi) is 8.56. The molecule has 0 bridgehead atoms. The minimum absolute atomic E-state index is 0.0351. The summed E-state index contributed by atoms with van der Waals surface area (Å²) in [6.07, 6.45) is 3.30. The predicted octanol–water partition coefficient (Wildman–Crippen LogP) is 3.59. The maximum atomic E-state index is 12.8. The summed E-state index contributed by atoms with van der Waals surface area (Å²) in [6.45, 7) is 8.90. The SMILES string of the molecule is CCCCCNC(CC(=O)OCC)C(=O)c1ccc(C)cc1C. The molecular weight excluding hydrogens is 290 g/mol. The lowest BCUT2D eigenvalue weighted by atomic mass is 9.96. The zero-order valence-corrected chi connectivity index (χ0v) is 14.8. The van der Waals surface area contributed by atoms with Crippen LogP contribution in [0, 0.1) is 13.8 Å². The van der Waals surface area contributed by atoms with Crippen molar-refractivity contribution in [3.63, 3.8) is 0 Å². The number of aryl methyl sites for hydroxylation is 2. The van der Waals surface area contributed by atoms with Gasteiger partial charge < -0.3 is 10.1 Å². The first kappa shape index (κ1) is 19.4. The average Bonchev–Trinajstić information content (AvgIpc) is 2.50. The highest BCUT2D eigenvalue weighted by Crippen LogP contribution is 2.14. The van der Waals surface area contributed by atoms with E-state index in [2.05, 4.69) is 12.2 Å². The van der Waals surface area contributed by atoms with E-state index in [9.17, 15) is 9.59 Å². The van der Waals surface area contributed by atoms with Gasteiger partial charge in [-0.05, 0) is 39.3 Å². The number of hydrogen-bond donors (Lipinski definition) is 1. The minimum atomic E-state index is -0.521. The molecule has 1 atom stereocenters. The predicted molar refractivity (Wildman–Crippen MR) is 92.8 cm³/mol. The fourth-order valence-electron chi connectivity index (χ4n) is 2.57. The maximum Gasteiger partial charge on any atom is 0.307 e. The van der Waals surface area contributed by atoms with Crippen LogP contribution in [-0.4, -0.2) is 30.9 Å². The van der Waals surface area contributed by atoms with E-state index in [0.717, 1.165) is 36.9 Å². The van der Waals surface area contributed by atoms with Gasteiger partial charge in [0, 0.05) is 5.56 Å². The standard InChI is InChI=1S/C19H29NO3/c1-5-7-8-11-20-17(13-18(21)23-6-2)19(22)16-10-9-14(3)12-15(16)4/h9-10,12,17,20H,5-8,11,13H2,1-4H3. The van der Waals surface area contributed by atoms with Gasteiger partial charge in [-0.2, -0.15) is 0 Å². The van der Waals surface area contributed by atoms with E-state index >= 15 is 0 Å². The number of rotatable bonds is 10. The van der Waals surface area contributed by atoms with Crippen molar-refractivity contribution >= 4 is 11.8 Å². The normalized spacial score (nSPS) is 12.0. The lowest BCUT2D eigenvalue weighted by molar-refractivity contribution is -0.143. The number of nitrogens with one attached hydrogen (secondary N) is 1. The molecule has 0 aliphatic heterocycles. The first-order valence-corrected chi connectivity index (χ1v) is 8.50. The Morgan fingerprint density at radius 3 is 2.52 bits per heavy atom. The van der Waals surface area contributed by atoms with Gasteiger partial charge in [0.1, 0.15) is 0 Å². The number of Topliss-reactive ketones (excluding diaryl/α,β-unsaturated/α-hetero) is 1. The highest BCUT2D eigenvalue weighted by atomic mass is 16.5. The van der Waals surface area contributed by atoms with Crippen molar-refractivity contribution in [1.82, 2.24) is 5.32 Å². The smallest absolute Gasteiger partial charge is 0.307 e. The van der Waals surface area contributed by atoms with Crippen LogP contribution in [0.15, 0.2) is 18.2 Å². The second kappa shape index (κ2) is 10.2. The summed E-state index contributed by atoms with van der Waals surface area (Å²) in [5.41, 5.74) is 2.74. The number of ether oxygens (including phenoxy) is 1. The molecule has 0 radical (unpaired) electrons. The first-order chi connectivity index (χ1) is 11.0. The van der Waals surface area contributed by atoms with Crippen molar-refractivity contribution in [2.24, 2.45) is 0 Å². The summed E-state index contributed by atoms with van der Waals surface area (Å²) in [5.74, 6) is -0.370. The summed E-state index contributed by atoms with van der Waals surface area (Å²) in [6, 6.07) is 5.25. The number of hydrogen-bond acceptors (Lipinski definition) is 4. The highest BCUT2D eigenvalue weighted by molar-refractivity contribution is 6.03. The third-order valence-corrected chi connectivity index (χ3v) is 3.81. The van der Waals surface area contributed by atoms with Gasteiger partial charge >= 0.3 is 5.97 Å². The minimum Gasteiger partial charge on any atom is -0.466 e. The van der Waals surface area contributed by atoms with Crippen LogP contribution >= 0.6 is 0 Å². The molecule has 4 nitrogen and oxygen atoms in total. The molecule has 128 valence electrons. The number of unbranched alkanes of at least 4 members (excludes halogenated alkanes) is 2. The lowest BCUT2D eigenvalue weighted by Crippen LogP contribution is -2.40. The third-order valence-electron chi connectivity index (χ3n) is 3.81. The topological polar surface area (TPSA) is 55.4 Å². The molecule has 1 aromatic rings. The first-order valence-electron chi connectivity index (χ1n) is 8.50. The van der Waals surface area contributed by atoms with Gasteiger partial charge in [0.15, 0.2) is 5.78 Å². The van der Waals surface area contributed by atoms with Gasteiger partial charge in [0.05, 0.1) is 19.1 Å². The molecule has 0 amide bonds. The molecule has 0 aliphatic rings. The van der Waals surface area contributed by atoms with E-state index in [1.165, 1.54) is 0 Å². The van der Waals surface area contributed by atoms with Gasteiger partial charge in [-0.1, -0.05) is 43.5 Å². The Morgan fingerprint density at radius 1 is 1.17 bits per heavy atom. The summed E-state index contributed by atoms with van der Waals surface area (Å²) in [7, 11) is 0. The highest BCUT2D eigenvalue weighted by Gasteiger charge is 2.24. The van der Waals surface area contributed by atoms with Crippen LogP contribution in [0.1, 0.15) is 61.0 Å². The largest absolute Gasteiger partial charge is 0.466 e. The summed E-state index contributed by atoms with van der Waals surface area (Å²) in [5, 5.41) is 3.23. The van der Waals surface area contributed by atoms with Crippen LogP contribution in [0.3, 0.4) is 0 Å². The second-order valence-corrected chi connectivity index (χ2v) is 5.91. The number of esters is 1. The summed E-state index contributed by atoms with van der Waals surface area (Å²) >= 11 is 0. The molecule has 23 heavy (non-hydrogen) atoms. The van der Waals surface area contributed by atoms with Gasteiger partial charge in [0.2, 0.25) is 0 Å². The molecule has 4 heteroatoms. The van der Waals surface area contributed by atoms with Crippen LogP contribution < -0.4 is 5.32 Å². The van der Waals surface area contributed by atoms with E-state index in [-0.39, 0.29) is 18.2 Å². The fourth-order valence-corrected chi connectivity index (χ4v) is 2.57. The number of benzene rings is 1. The summed E-state index contributed by atoms with van der Waals surface area (Å²) < 4.78 is 5.00. The molecule has 0 aromatic heterocycles. The molecule has 0 saturated carbocycles. The van der Waals surface area contributed by atoms with E-state index in [1.807, 2.05) is 32.0 Å². The summed E-state index contributed by atoms with van der Waals surface area (Å²) in [4.78, 5) is 24.6. The lowest BCUT2D eigenvalue weighted by Gasteiger charge is -2.18. The molecule has 0 spiro atoms. The number of carbonyl (C=O) groups is 2. The number of ketones is 1. The third kappa shape index (κ3) is 6.53. The van der Waals surface area contributed by atoms with Crippen molar-refractivity contribution < 1.29 is 14.3 Å². The Balaban J connectivity index is 2.83. The van der Waals surface area contributed by atoms with Gasteiger partial charge in [0.25, 0.3) is 0 Å².